The molecule has 0 bridgehead atoms. The Bertz CT molecular complexity index is 638. The lowest BCUT2D eigenvalue weighted by molar-refractivity contribution is 0.308. The molecule has 3 rings (SSSR count). The van der Waals surface area contributed by atoms with Crippen LogP contribution in [0.3, 0.4) is 0 Å². The van der Waals surface area contributed by atoms with Crippen molar-refractivity contribution in [3.05, 3.63) is 45.3 Å². The minimum atomic E-state index is 0.363. The number of aryl methyl sites for hydroxylation is 2. The molecule has 0 saturated carbocycles. The Morgan fingerprint density at radius 1 is 1.38 bits per heavy atom. The van der Waals surface area contributed by atoms with Crippen molar-refractivity contribution in [1.29, 1.82) is 0 Å². The molecule has 0 unspecified atom stereocenters. The maximum atomic E-state index is 5.87. The van der Waals surface area contributed by atoms with Gasteiger partial charge in [-0.25, -0.2) is 4.98 Å². The minimum Gasteiger partial charge on any atom is -0.477 e. The van der Waals surface area contributed by atoms with Gasteiger partial charge in [0.25, 0.3) is 0 Å². The summed E-state index contributed by atoms with van der Waals surface area (Å²) in [6.45, 7) is 0.599. The van der Waals surface area contributed by atoms with E-state index in [1.807, 2.05) is 0 Å². The molecule has 0 atom stereocenters. The van der Waals surface area contributed by atoms with E-state index in [-0.39, 0.29) is 0 Å². The molecule has 1 aliphatic rings. The standard InChI is InChI=1S/C16H18N2OS2/c17-15(20)13-10-11-4-1-2-6-14(11)18-16(13)19-8-7-12-5-3-9-21-12/h3,5,9-10H,1-2,4,6-8H2,(H2,17,20). The van der Waals surface area contributed by atoms with E-state index < -0.39 is 0 Å². The van der Waals surface area contributed by atoms with Gasteiger partial charge >= 0.3 is 0 Å². The van der Waals surface area contributed by atoms with E-state index in [9.17, 15) is 0 Å². The number of fused-ring (bicyclic) bond motifs is 1. The quantitative estimate of drug-likeness (QED) is 0.860. The van der Waals surface area contributed by atoms with Gasteiger partial charge in [0.1, 0.15) is 4.99 Å². The van der Waals surface area contributed by atoms with Gasteiger partial charge in [0.2, 0.25) is 5.88 Å². The second-order valence-corrected chi connectivity index (χ2v) is 6.67. The first-order chi connectivity index (χ1) is 10.2. The Kier molecular flexibility index (Phi) is 4.51. The zero-order valence-electron chi connectivity index (χ0n) is 11.8. The number of rotatable bonds is 5. The Morgan fingerprint density at radius 3 is 3.00 bits per heavy atom. The predicted octanol–water partition coefficient (Wildman–Crippen LogP) is 3.28. The summed E-state index contributed by atoms with van der Waals surface area (Å²) in [5.41, 5.74) is 9.02. The van der Waals surface area contributed by atoms with E-state index >= 15 is 0 Å². The van der Waals surface area contributed by atoms with Gasteiger partial charge in [-0.15, -0.1) is 11.3 Å². The first kappa shape index (κ1) is 14.5. The number of hydrogen-bond acceptors (Lipinski definition) is 4. The number of hydrogen-bond donors (Lipinski definition) is 1. The lowest BCUT2D eigenvalue weighted by Gasteiger charge is -2.18. The number of aromatic nitrogens is 1. The van der Waals surface area contributed by atoms with Crippen LogP contribution in [-0.4, -0.2) is 16.6 Å². The fraction of sp³-hybridized carbons (Fsp3) is 0.375. The van der Waals surface area contributed by atoms with Gasteiger partial charge < -0.3 is 10.5 Å². The molecule has 0 aromatic carbocycles. The second kappa shape index (κ2) is 6.54. The molecular formula is C16H18N2OS2. The van der Waals surface area contributed by atoms with E-state index in [4.69, 9.17) is 22.7 Å². The molecule has 0 aliphatic heterocycles. The fourth-order valence-corrected chi connectivity index (χ4v) is 3.44. The zero-order valence-corrected chi connectivity index (χ0v) is 13.4. The molecule has 5 heteroatoms. The lowest BCUT2D eigenvalue weighted by atomic mass is 9.95. The summed E-state index contributed by atoms with van der Waals surface area (Å²) in [6.07, 6.45) is 5.37. The van der Waals surface area contributed by atoms with Crippen molar-refractivity contribution >= 4 is 28.5 Å². The van der Waals surface area contributed by atoms with Crippen molar-refractivity contribution in [2.24, 2.45) is 5.73 Å². The average molecular weight is 318 g/mol. The van der Waals surface area contributed by atoms with Crippen LogP contribution >= 0.6 is 23.6 Å². The highest BCUT2D eigenvalue weighted by Gasteiger charge is 2.17. The van der Waals surface area contributed by atoms with Crippen LogP contribution in [0.15, 0.2) is 23.6 Å². The van der Waals surface area contributed by atoms with Gasteiger partial charge in [0.15, 0.2) is 0 Å². The van der Waals surface area contributed by atoms with Crippen molar-refractivity contribution in [1.82, 2.24) is 4.98 Å². The summed E-state index contributed by atoms with van der Waals surface area (Å²) in [5, 5.41) is 2.08. The van der Waals surface area contributed by atoms with Crippen LogP contribution in [0.4, 0.5) is 0 Å². The van der Waals surface area contributed by atoms with Crippen molar-refractivity contribution in [2.45, 2.75) is 32.1 Å². The van der Waals surface area contributed by atoms with Gasteiger partial charge in [-0.2, -0.15) is 0 Å². The van der Waals surface area contributed by atoms with Gasteiger partial charge in [-0.05, 0) is 48.8 Å². The van der Waals surface area contributed by atoms with E-state index in [0.717, 1.165) is 30.5 Å². The van der Waals surface area contributed by atoms with Gasteiger partial charge in [0, 0.05) is 17.0 Å². The molecule has 0 spiro atoms. The Balaban J connectivity index is 1.77. The fourth-order valence-electron chi connectivity index (χ4n) is 2.60. The summed E-state index contributed by atoms with van der Waals surface area (Å²) < 4.78 is 5.87. The van der Waals surface area contributed by atoms with Crippen LogP contribution in [0, 0.1) is 0 Å². The molecule has 110 valence electrons. The molecule has 0 saturated heterocycles. The summed E-state index contributed by atoms with van der Waals surface area (Å²) in [6, 6.07) is 6.24. The Hall–Kier alpha value is -1.46. The van der Waals surface area contributed by atoms with Gasteiger partial charge in [-0.3, -0.25) is 0 Å². The van der Waals surface area contributed by atoms with Crippen LogP contribution in [0.5, 0.6) is 5.88 Å². The van der Waals surface area contributed by atoms with Crippen LogP contribution < -0.4 is 10.5 Å². The van der Waals surface area contributed by atoms with Crippen molar-refractivity contribution in [3.63, 3.8) is 0 Å². The third-order valence-electron chi connectivity index (χ3n) is 3.70. The number of nitrogens with zero attached hydrogens (tertiary/aromatic N) is 1. The molecule has 1 aliphatic carbocycles. The van der Waals surface area contributed by atoms with Gasteiger partial charge in [0.05, 0.1) is 12.2 Å². The topological polar surface area (TPSA) is 48.1 Å². The van der Waals surface area contributed by atoms with E-state index in [2.05, 4.69) is 28.6 Å². The number of thiocarbonyl (C=S) groups is 1. The molecule has 0 amide bonds. The second-order valence-electron chi connectivity index (χ2n) is 5.20. The largest absolute Gasteiger partial charge is 0.477 e. The molecule has 0 radical (unpaired) electrons. The smallest absolute Gasteiger partial charge is 0.224 e. The van der Waals surface area contributed by atoms with Crippen LogP contribution in [-0.2, 0) is 19.3 Å². The highest BCUT2D eigenvalue weighted by molar-refractivity contribution is 7.80. The zero-order chi connectivity index (χ0) is 14.7. The summed E-state index contributed by atoms with van der Waals surface area (Å²) in [7, 11) is 0. The lowest BCUT2D eigenvalue weighted by Crippen LogP contribution is -2.17. The molecule has 2 N–H and O–H groups in total. The third kappa shape index (κ3) is 3.41. The molecule has 21 heavy (non-hydrogen) atoms. The Morgan fingerprint density at radius 2 is 2.24 bits per heavy atom. The molecule has 0 fully saturated rings. The number of nitrogens with two attached hydrogens (primary N) is 1. The molecular weight excluding hydrogens is 300 g/mol. The monoisotopic (exact) mass is 318 g/mol. The van der Waals surface area contributed by atoms with E-state index in [1.54, 1.807) is 11.3 Å². The van der Waals surface area contributed by atoms with Crippen LogP contribution in [0.25, 0.3) is 0 Å². The first-order valence-electron chi connectivity index (χ1n) is 7.22. The van der Waals surface area contributed by atoms with E-state index in [0.29, 0.717) is 17.5 Å². The number of pyridine rings is 1. The summed E-state index contributed by atoms with van der Waals surface area (Å²) >= 11 is 6.89. The van der Waals surface area contributed by atoms with Crippen molar-refractivity contribution < 1.29 is 4.74 Å². The maximum Gasteiger partial charge on any atom is 0.224 e. The normalized spacial score (nSPS) is 13.7. The number of thiophene rings is 1. The summed E-state index contributed by atoms with van der Waals surface area (Å²) in [5.74, 6) is 0.597. The minimum absolute atomic E-state index is 0.363. The molecule has 2 aromatic rings. The highest BCUT2D eigenvalue weighted by Crippen LogP contribution is 2.26. The third-order valence-corrected chi connectivity index (χ3v) is 4.85. The highest BCUT2D eigenvalue weighted by atomic mass is 32.1. The van der Waals surface area contributed by atoms with Crippen LogP contribution in [0.2, 0.25) is 0 Å². The SMILES string of the molecule is NC(=S)c1cc2c(nc1OCCc1cccs1)CCCC2. The number of ether oxygens (including phenoxy) is 1. The van der Waals surface area contributed by atoms with E-state index in [1.165, 1.54) is 23.3 Å². The average Bonchev–Trinajstić information content (AvgIpc) is 2.99. The maximum absolute atomic E-state index is 5.87. The molecule has 2 aromatic heterocycles. The molecule has 2 heterocycles. The van der Waals surface area contributed by atoms with Gasteiger partial charge in [-0.1, -0.05) is 18.3 Å². The Labute approximate surface area is 134 Å². The summed E-state index contributed by atoms with van der Waals surface area (Å²) in [4.78, 5) is 6.34. The first-order valence-corrected chi connectivity index (χ1v) is 8.50. The molecule has 3 nitrogen and oxygen atoms in total. The van der Waals surface area contributed by atoms with Crippen molar-refractivity contribution in [2.75, 3.05) is 6.61 Å². The predicted molar refractivity (Wildman–Crippen MR) is 90.3 cm³/mol. The van der Waals surface area contributed by atoms with Crippen molar-refractivity contribution in [3.8, 4) is 5.88 Å². The van der Waals surface area contributed by atoms with Crippen LogP contribution in [0.1, 0.15) is 34.5 Å².